The molecule has 2 aromatic rings. The van der Waals surface area contributed by atoms with E-state index < -0.39 is 11.7 Å². The minimum atomic E-state index is -4.31. The van der Waals surface area contributed by atoms with Gasteiger partial charge in [0.05, 0.1) is 11.3 Å². The van der Waals surface area contributed by atoms with E-state index in [-0.39, 0.29) is 0 Å². The molecular weight excluding hydrogens is 395 g/mol. The van der Waals surface area contributed by atoms with Crippen LogP contribution >= 0.6 is 0 Å². The molecule has 1 aliphatic rings. The number of hydrogen-bond donors (Lipinski definition) is 1. The fraction of sp³-hybridized carbons (Fsp3) is 0.524. The zero-order valence-electron chi connectivity index (χ0n) is 17.6. The fourth-order valence-corrected chi connectivity index (χ4v) is 3.71. The van der Waals surface area contributed by atoms with Crippen molar-refractivity contribution in [2.75, 3.05) is 39.8 Å². The lowest BCUT2D eigenvalue weighted by Gasteiger charge is -2.36. The third-order valence-corrected chi connectivity index (χ3v) is 5.38. The first-order valence-corrected chi connectivity index (χ1v) is 10.0. The van der Waals surface area contributed by atoms with Crippen LogP contribution in [0.1, 0.15) is 28.1 Å². The van der Waals surface area contributed by atoms with Gasteiger partial charge in [-0.15, -0.1) is 0 Å². The number of halogens is 3. The highest BCUT2D eigenvalue weighted by atomic mass is 19.4. The molecule has 3 rings (SSSR count). The van der Waals surface area contributed by atoms with E-state index >= 15 is 0 Å². The third-order valence-electron chi connectivity index (χ3n) is 5.38. The van der Waals surface area contributed by atoms with Crippen LogP contribution in [0.15, 0.2) is 33.8 Å². The molecule has 0 spiro atoms. The molecule has 1 aromatic carbocycles. The minimum absolute atomic E-state index is 0.510. The molecule has 1 N–H and O–H groups in total. The molecule has 164 valence electrons. The Labute approximate surface area is 174 Å². The highest BCUT2D eigenvalue weighted by molar-refractivity contribution is 5.80. The zero-order valence-corrected chi connectivity index (χ0v) is 17.6. The van der Waals surface area contributed by atoms with Crippen LogP contribution in [0.3, 0.4) is 0 Å². The number of aromatic nitrogens is 1. The Bertz CT molecular complexity index is 850. The molecule has 1 aliphatic heterocycles. The van der Waals surface area contributed by atoms with Gasteiger partial charge in [0, 0.05) is 51.9 Å². The van der Waals surface area contributed by atoms with Gasteiger partial charge in [0.1, 0.15) is 5.76 Å². The van der Waals surface area contributed by atoms with Crippen LogP contribution in [0.5, 0.6) is 0 Å². The Morgan fingerprint density at radius 1 is 1.20 bits per heavy atom. The van der Waals surface area contributed by atoms with E-state index in [1.54, 1.807) is 13.1 Å². The van der Waals surface area contributed by atoms with Gasteiger partial charge in [0.25, 0.3) is 0 Å². The predicted octanol–water partition coefficient (Wildman–Crippen LogP) is 3.25. The maximum absolute atomic E-state index is 12.9. The van der Waals surface area contributed by atoms with Crippen molar-refractivity contribution < 1.29 is 17.7 Å². The van der Waals surface area contributed by atoms with Crippen LogP contribution in [-0.4, -0.2) is 60.7 Å². The fourth-order valence-electron chi connectivity index (χ4n) is 3.71. The van der Waals surface area contributed by atoms with E-state index in [1.807, 2.05) is 13.8 Å². The molecule has 0 atom stereocenters. The van der Waals surface area contributed by atoms with Gasteiger partial charge in [-0.2, -0.15) is 13.2 Å². The predicted molar refractivity (Wildman–Crippen MR) is 109 cm³/mol. The molecule has 0 unspecified atom stereocenters. The second-order valence-electron chi connectivity index (χ2n) is 7.49. The number of benzene rings is 1. The Hall–Kier alpha value is -2.55. The summed E-state index contributed by atoms with van der Waals surface area (Å²) in [4.78, 5) is 8.72. The smallest absolute Gasteiger partial charge is 0.361 e. The normalized spacial score (nSPS) is 16.2. The number of piperazine rings is 1. The van der Waals surface area contributed by atoms with Crippen molar-refractivity contribution in [3.63, 3.8) is 0 Å². The maximum atomic E-state index is 12.9. The Morgan fingerprint density at radius 3 is 2.53 bits per heavy atom. The number of nitrogens with zero attached hydrogens (tertiary/aromatic N) is 4. The topological polar surface area (TPSA) is 56.9 Å². The highest BCUT2D eigenvalue weighted by Gasteiger charge is 2.30. The van der Waals surface area contributed by atoms with E-state index in [9.17, 15) is 13.2 Å². The molecule has 30 heavy (non-hydrogen) atoms. The van der Waals surface area contributed by atoms with Crippen LogP contribution in [0.4, 0.5) is 13.2 Å². The van der Waals surface area contributed by atoms with E-state index in [1.165, 1.54) is 12.1 Å². The van der Waals surface area contributed by atoms with Crippen LogP contribution in [0, 0.1) is 13.8 Å². The molecule has 0 radical (unpaired) electrons. The largest absolute Gasteiger partial charge is 0.416 e. The van der Waals surface area contributed by atoms with Gasteiger partial charge >= 0.3 is 6.18 Å². The summed E-state index contributed by atoms with van der Waals surface area (Å²) < 4.78 is 43.9. The van der Waals surface area contributed by atoms with E-state index in [0.717, 1.165) is 68.2 Å². The summed E-state index contributed by atoms with van der Waals surface area (Å²) >= 11 is 0. The summed E-state index contributed by atoms with van der Waals surface area (Å²) in [6.45, 7) is 8.14. The number of alkyl halides is 3. The van der Waals surface area contributed by atoms with Crippen molar-refractivity contribution in [3.05, 3.63) is 52.4 Å². The molecule has 0 saturated carbocycles. The van der Waals surface area contributed by atoms with Gasteiger partial charge in [-0.1, -0.05) is 23.4 Å². The molecular formula is C21H28F3N5O. The minimum Gasteiger partial charge on any atom is -0.361 e. The number of aliphatic imine (C=N–C) groups is 1. The average Bonchev–Trinajstić information content (AvgIpc) is 3.03. The van der Waals surface area contributed by atoms with E-state index in [0.29, 0.717) is 12.1 Å². The van der Waals surface area contributed by atoms with Crippen molar-refractivity contribution in [1.29, 1.82) is 0 Å². The Morgan fingerprint density at radius 2 is 1.93 bits per heavy atom. The van der Waals surface area contributed by atoms with E-state index in [4.69, 9.17) is 4.52 Å². The maximum Gasteiger partial charge on any atom is 0.416 e. The van der Waals surface area contributed by atoms with Gasteiger partial charge in [0.15, 0.2) is 5.96 Å². The van der Waals surface area contributed by atoms with Gasteiger partial charge < -0.3 is 14.7 Å². The summed E-state index contributed by atoms with van der Waals surface area (Å²) in [5.41, 5.74) is 2.11. The first-order valence-electron chi connectivity index (χ1n) is 10.0. The van der Waals surface area contributed by atoms with Gasteiger partial charge in [-0.25, -0.2) is 0 Å². The van der Waals surface area contributed by atoms with Gasteiger partial charge in [-0.3, -0.25) is 9.89 Å². The summed E-state index contributed by atoms with van der Waals surface area (Å²) in [6.07, 6.45) is -3.51. The molecule has 2 heterocycles. The first-order chi connectivity index (χ1) is 14.3. The highest BCUT2D eigenvalue weighted by Crippen LogP contribution is 2.29. The molecule has 9 heteroatoms. The van der Waals surface area contributed by atoms with Crippen molar-refractivity contribution >= 4 is 5.96 Å². The van der Waals surface area contributed by atoms with Gasteiger partial charge in [0.2, 0.25) is 0 Å². The SMILES string of the molecule is CN=C(NCCc1c(C)noc1C)N1CCN(Cc2cccc(C(F)(F)F)c2)CC1. The average molecular weight is 423 g/mol. The number of guanidine groups is 1. The third kappa shape index (κ3) is 5.53. The van der Waals surface area contributed by atoms with Crippen molar-refractivity contribution in [1.82, 2.24) is 20.3 Å². The molecule has 6 nitrogen and oxygen atoms in total. The van der Waals surface area contributed by atoms with E-state index in [2.05, 4.69) is 25.3 Å². The number of hydrogen-bond acceptors (Lipinski definition) is 4. The first kappa shape index (κ1) is 22.1. The van der Waals surface area contributed by atoms with Crippen molar-refractivity contribution in [2.24, 2.45) is 4.99 Å². The molecule has 1 saturated heterocycles. The molecule has 0 bridgehead atoms. The number of rotatable bonds is 5. The molecule has 0 aliphatic carbocycles. The monoisotopic (exact) mass is 423 g/mol. The van der Waals surface area contributed by atoms with Crippen molar-refractivity contribution in [2.45, 2.75) is 33.0 Å². The Balaban J connectivity index is 1.48. The Kier molecular flexibility index (Phi) is 7.02. The van der Waals surface area contributed by atoms with Gasteiger partial charge in [-0.05, 0) is 31.9 Å². The molecule has 0 amide bonds. The molecule has 1 aromatic heterocycles. The lowest BCUT2D eigenvalue weighted by atomic mass is 10.1. The number of nitrogens with one attached hydrogen (secondary N) is 1. The summed E-state index contributed by atoms with van der Waals surface area (Å²) in [7, 11) is 1.76. The van der Waals surface area contributed by atoms with Crippen LogP contribution in [0.25, 0.3) is 0 Å². The summed E-state index contributed by atoms with van der Waals surface area (Å²) in [6, 6.07) is 5.57. The summed E-state index contributed by atoms with van der Waals surface area (Å²) in [5, 5.41) is 7.36. The van der Waals surface area contributed by atoms with Crippen LogP contribution < -0.4 is 5.32 Å². The lowest BCUT2D eigenvalue weighted by molar-refractivity contribution is -0.137. The summed E-state index contributed by atoms with van der Waals surface area (Å²) in [5.74, 6) is 1.67. The zero-order chi connectivity index (χ0) is 21.7. The second kappa shape index (κ2) is 9.51. The molecule has 1 fully saturated rings. The van der Waals surface area contributed by atoms with Crippen molar-refractivity contribution in [3.8, 4) is 0 Å². The second-order valence-corrected chi connectivity index (χ2v) is 7.49. The quantitative estimate of drug-likeness (QED) is 0.591. The van der Waals surface area contributed by atoms with Crippen LogP contribution in [-0.2, 0) is 19.1 Å². The lowest BCUT2D eigenvalue weighted by Crippen LogP contribution is -2.52. The number of aryl methyl sites for hydroxylation is 2. The standard InChI is InChI=1S/C21H28F3N5O/c1-15-19(16(2)30-27-15)7-8-26-20(25-3)29-11-9-28(10-12-29)14-17-5-4-6-18(13-17)21(22,23)24/h4-6,13H,7-12,14H2,1-3H3,(H,25,26). The van der Waals surface area contributed by atoms with Crippen LogP contribution in [0.2, 0.25) is 0 Å².